The van der Waals surface area contributed by atoms with Crippen molar-refractivity contribution in [3.63, 3.8) is 0 Å². The van der Waals surface area contributed by atoms with Crippen LogP contribution in [0.25, 0.3) is 0 Å². The molecule has 3 aromatic carbocycles. The molecule has 0 aliphatic heterocycles. The predicted octanol–water partition coefficient (Wildman–Crippen LogP) is 7.13. The largest absolute Gasteiger partial charge is 0.352 e. The normalized spacial score (nSPS) is 9.19. The maximum Gasteiger partial charge on any atom is 0.221 e. The van der Waals surface area contributed by atoms with Gasteiger partial charge in [0.1, 0.15) is 0 Å². The Balaban J connectivity index is 0.000000281. The molecular formula is C32H39N5O3S2. The number of aromatic nitrogens is 1. The van der Waals surface area contributed by atoms with Crippen LogP contribution in [0.2, 0.25) is 0 Å². The van der Waals surface area contributed by atoms with E-state index in [2.05, 4.69) is 26.3 Å². The summed E-state index contributed by atoms with van der Waals surface area (Å²) in [4.78, 5) is 36.5. The van der Waals surface area contributed by atoms with Gasteiger partial charge in [0.2, 0.25) is 17.7 Å². The van der Waals surface area contributed by atoms with Crippen molar-refractivity contribution < 1.29 is 14.4 Å². The predicted molar refractivity (Wildman–Crippen MR) is 179 cm³/mol. The fourth-order valence-electron chi connectivity index (χ4n) is 3.17. The first-order chi connectivity index (χ1) is 20.0. The van der Waals surface area contributed by atoms with Gasteiger partial charge in [0.15, 0.2) is 5.13 Å². The third-order valence-electron chi connectivity index (χ3n) is 4.98. The Bertz CT molecular complexity index is 1360. The van der Waals surface area contributed by atoms with Crippen LogP contribution in [0.1, 0.15) is 44.4 Å². The number of amides is 3. The van der Waals surface area contributed by atoms with Crippen LogP contribution in [0.4, 0.5) is 16.5 Å². The highest BCUT2D eigenvalue weighted by molar-refractivity contribution is 7.80. The van der Waals surface area contributed by atoms with Crippen LogP contribution < -0.4 is 21.3 Å². The molecule has 0 saturated carbocycles. The third kappa shape index (κ3) is 17.3. The molecule has 42 heavy (non-hydrogen) atoms. The maximum atomic E-state index is 10.8. The standard InChI is InChI=1S/C10H13NO.C9H11NO.C8H9NO.C5H6N2S2/c1-7-5-4-6-8(2)10(7)11-9(3)12;1-8(11)10-7-9-5-3-2-4-6-9;1-7(10)9-8-5-3-2-4-6-8;1-4(8)7-5-6-2-3-9-5/h4-6H,1-3H3,(H,11,12);2-6H,7H2,1H3,(H,10,11);2-6H,1H3,(H,9,10);2-3H,1H3,(H,6,7,8). The van der Waals surface area contributed by atoms with Crippen molar-refractivity contribution in [3.8, 4) is 0 Å². The first-order valence-corrected chi connectivity index (χ1v) is 14.4. The Morgan fingerprint density at radius 3 is 1.71 bits per heavy atom. The minimum absolute atomic E-state index is 0.00820. The molecule has 0 fully saturated rings. The summed E-state index contributed by atoms with van der Waals surface area (Å²) in [6, 6.07) is 25.1. The summed E-state index contributed by atoms with van der Waals surface area (Å²) in [6.45, 7) is 10.9. The molecule has 4 rings (SSSR count). The number of benzene rings is 3. The van der Waals surface area contributed by atoms with Gasteiger partial charge >= 0.3 is 0 Å². The summed E-state index contributed by atoms with van der Waals surface area (Å²) >= 11 is 6.34. The number of nitrogens with zero attached hydrogens (tertiary/aromatic N) is 1. The van der Waals surface area contributed by atoms with Gasteiger partial charge in [0.25, 0.3) is 0 Å². The van der Waals surface area contributed by atoms with E-state index in [0.29, 0.717) is 6.54 Å². The molecular weight excluding hydrogens is 567 g/mol. The Kier molecular flexibility index (Phi) is 17.4. The molecule has 0 unspecified atom stereocenters. The van der Waals surface area contributed by atoms with Crippen molar-refractivity contribution in [3.05, 3.63) is 107 Å². The first kappa shape index (κ1) is 35.6. The van der Waals surface area contributed by atoms with E-state index in [1.165, 1.54) is 20.8 Å². The molecule has 8 nitrogen and oxygen atoms in total. The lowest BCUT2D eigenvalue weighted by molar-refractivity contribution is -0.119. The number of rotatable bonds is 5. The number of carbonyl (C=O) groups excluding carboxylic acids is 3. The summed E-state index contributed by atoms with van der Waals surface area (Å²) < 4.78 is 0. The Hall–Kier alpha value is -4.41. The molecule has 4 N–H and O–H groups in total. The second kappa shape index (κ2) is 20.5. The van der Waals surface area contributed by atoms with Crippen molar-refractivity contribution in [2.45, 2.75) is 48.1 Å². The monoisotopic (exact) mass is 605 g/mol. The van der Waals surface area contributed by atoms with Crippen molar-refractivity contribution >= 4 is 62.8 Å². The van der Waals surface area contributed by atoms with Gasteiger partial charge in [-0.1, -0.05) is 78.9 Å². The van der Waals surface area contributed by atoms with E-state index in [0.717, 1.165) is 38.2 Å². The highest BCUT2D eigenvalue weighted by atomic mass is 32.1. The topological polar surface area (TPSA) is 112 Å². The molecule has 0 radical (unpaired) electrons. The number of nitrogens with one attached hydrogen (secondary N) is 4. The molecule has 222 valence electrons. The van der Waals surface area contributed by atoms with E-state index in [-0.39, 0.29) is 17.7 Å². The Morgan fingerprint density at radius 2 is 1.26 bits per heavy atom. The summed E-state index contributed by atoms with van der Waals surface area (Å²) in [6.07, 6.45) is 1.74. The lowest BCUT2D eigenvalue weighted by atomic mass is 10.1. The number of thiazole rings is 1. The zero-order chi connectivity index (χ0) is 31.3. The summed E-state index contributed by atoms with van der Waals surface area (Å²) in [5.41, 5.74) is 5.11. The number of anilines is 3. The van der Waals surface area contributed by atoms with Crippen LogP contribution in [-0.4, -0.2) is 27.7 Å². The second-order valence-corrected chi connectivity index (χ2v) is 10.4. The highest BCUT2D eigenvalue weighted by Crippen LogP contribution is 2.18. The number of para-hydroxylation sites is 2. The average Bonchev–Trinajstić information content (AvgIpc) is 3.44. The fourth-order valence-corrected chi connectivity index (χ4v) is 3.92. The van der Waals surface area contributed by atoms with Gasteiger partial charge in [-0.2, -0.15) is 0 Å². The van der Waals surface area contributed by atoms with E-state index >= 15 is 0 Å². The van der Waals surface area contributed by atoms with Crippen molar-refractivity contribution in [1.29, 1.82) is 0 Å². The van der Waals surface area contributed by atoms with Crippen LogP contribution in [-0.2, 0) is 20.9 Å². The smallest absolute Gasteiger partial charge is 0.221 e. The molecule has 0 bridgehead atoms. The maximum absolute atomic E-state index is 10.8. The highest BCUT2D eigenvalue weighted by Gasteiger charge is 2.02. The number of aryl methyl sites for hydroxylation is 2. The van der Waals surface area contributed by atoms with Crippen LogP contribution in [0.3, 0.4) is 0 Å². The van der Waals surface area contributed by atoms with Gasteiger partial charge in [-0.3, -0.25) is 14.4 Å². The van der Waals surface area contributed by atoms with E-state index < -0.39 is 0 Å². The number of hydrogen-bond acceptors (Lipinski definition) is 6. The molecule has 0 saturated heterocycles. The Morgan fingerprint density at radius 1 is 0.714 bits per heavy atom. The number of thiocarbonyl (C=S) groups is 1. The minimum Gasteiger partial charge on any atom is -0.352 e. The second-order valence-electron chi connectivity index (χ2n) is 8.91. The molecule has 0 spiro atoms. The van der Waals surface area contributed by atoms with Gasteiger partial charge in [-0.15, -0.1) is 11.3 Å². The Labute approximate surface area is 258 Å². The third-order valence-corrected chi connectivity index (χ3v) is 5.77. The van der Waals surface area contributed by atoms with Gasteiger partial charge in [-0.25, -0.2) is 4.98 Å². The van der Waals surface area contributed by atoms with Crippen molar-refractivity contribution in [2.24, 2.45) is 0 Å². The molecule has 10 heteroatoms. The van der Waals surface area contributed by atoms with Crippen molar-refractivity contribution in [2.75, 3.05) is 16.0 Å². The molecule has 0 atom stereocenters. The van der Waals surface area contributed by atoms with E-state index in [4.69, 9.17) is 12.2 Å². The molecule has 4 aromatic rings. The number of carbonyl (C=O) groups is 3. The lowest BCUT2D eigenvalue weighted by Gasteiger charge is -2.08. The van der Waals surface area contributed by atoms with Gasteiger partial charge in [-0.05, 0) is 49.6 Å². The fraction of sp³-hybridized carbons (Fsp3) is 0.219. The van der Waals surface area contributed by atoms with Gasteiger partial charge in [0, 0.05) is 50.3 Å². The lowest BCUT2D eigenvalue weighted by Crippen LogP contribution is -2.18. The van der Waals surface area contributed by atoms with Crippen LogP contribution in [0, 0.1) is 13.8 Å². The molecule has 1 aromatic heterocycles. The van der Waals surface area contributed by atoms with E-state index in [9.17, 15) is 14.4 Å². The SMILES string of the molecule is CC(=O)NCc1ccccc1.CC(=O)Nc1c(C)cccc1C.CC(=O)Nc1ccccc1.CC(=S)Nc1nccs1. The summed E-state index contributed by atoms with van der Waals surface area (Å²) in [5.74, 6) is -0.0487. The van der Waals surface area contributed by atoms with E-state index in [1.807, 2.05) is 105 Å². The zero-order valence-corrected chi connectivity index (χ0v) is 26.5. The molecule has 3 amide bonds. The zero-order valence-electron chi connectivity index (χ0n) is 24.9. The quantitative estimate of drug-likeness (QED) is 0.180. The first-order valence-electron chi connectivity index (χ1n) is 13.1. The minimum atomic E-state index is -0.0359. The molecule has 0 aliphatic rings. The van der Waals surface area contributed by atoms with E-state index in [1.54, 1.807) is 17.5 Å². The van der Waals surface area contributed by atoms with Gasteiger partial charge in [0.05, 0.1) is 4.99 Å². The van der Waals surface area contributed by atoms with Gasteiger partial charge < -0.3 is 21.3 Å². The van der Waals surface area contributed by atoms with Crippen molar-refractivity contribution in [1.82, 2.24) is 10.3 Å². The molecule has 0 aliphatic carbocycles. The summed E-state index contributed by atoms with van der Waals surface area (Å²) in [7, 11) is 0. The average molecular weight is 606 g/mol. The summed E-state index contributed by atoms with van der Waals surface area (Å²) in [5, 5.41) is 13.9. The van der Waals surface area contributed by atoms with Crippen LogP contribution >= 0.6 is 23.6 Å². The molecule has 1 heterocycles. The van der Waals surface area contributed by atoms with Crippen LogP contribution in [0.15, 0.2) is 90.4 Å². The number of hydrogen-bond donors (Lipinski definition) is 4. The van der Waals surface area contributed by atoms with Crippen LogP contribution in [0.5, 0.6) is 0 Å².